The lowest BCUT2D eigenvalue weighted by molar-refractivity contribution is -0.134. The monoisotopic (exact) mass is 265 g/mol. The number of nitrogens with zero attached hydrogens (tertiary/aromatic N) is 2. The molecule has 0 spiro atoms. The van der Waals surface area contributed by atoms with E-state index in [-0.39, 0.29) is 42.9 Å². The van der Waals surface area contributed by atoms with Gasteiger partial charge in [-0.1, -0.05) is 0 Å². The lowest BCUT2D eigenvalue weighted by atomic mass is 10.0. The summed E-state index contributed by atoms with van der Waals surface area (Å²) in [6.45, 7) is 2.66. The van der Waals surface area contributed by atoms with Gasteiger partial charge in [-0.05, 0) is 19.8 Å². The molecular formula is C13H19N3O3. The van der Waals surface area contributed by atoms with Crippen LogP contribution in [0.15, 0.2) is 0 Å². The predicted octanol–water partition coefficient (Wildman–Crippen LogP) is 0.376. The lowest BCUT2D eigenvalue weighted by Gasteiger charge is -2.32. The number of carbonyl (C=O) groups excluding carboxylic acids is 3. The van der Waals surface area contributed by atoms with E-state index >= 15 is 0 Å². The van der Waals surface area contributed by atoms with E-state index in [4.69, 9.17) is 5.26 Å². The molecule has 1 aliphatic rings. The topological polar surface area (TPSA) is 90.3 Å². The summed E-state index contributed by atoms with van der Waals surface area (Å²) in [4.78, 5) is 35.6. The maximum atomic E-state index is 11.8. The number of piperidine rings is 1. The van der Waals surface area contributed by atoms with Crippen LogP contribution in [0.25, 0.3) is 0 Å². The number of Topliss-reactive ketones (excluding diaryl/α,β-unsaturated/α-hetero) is 1. The zero-order valence-electron chi connectivity index (χ0n) is 11.1. The summed E-state index contributed by atoms with van der Waals surface area (Å²) in [5.74, 6) is -0.243. The Labute approximate surface area is 112 Å². The normalized spacial score (nSPS) is 15.7. The summed E-state index contributed by atoms with van der Waals surface area (Å²) in [6.07, 6.45) is 1.82. The minimum absolute atomic E-state index is 0.00278. The molecule has 1 N–H and O–H groups in total. The smallest absolute Gasteiger partial charge is 0.234 e. The molecule has 1 heterocycles. The van der Waals surface area contributed by atoms with Crippen molar-refractivity contribution in [3.05, 3.63) is 0 Å². The summed E-state index contributed by atoms with van der Waals surface area (Å²) in [6, 6.07) is 1.84. The molecule has 104 valence electrons. The second kappa shape index (κ2) is 7.52. The first-order chi connectivity index (χ1) is 9.02. The van der Waals surface area contributed by atoms with Gasteiger partial charge in [0.2, 0.25) is 11.8 Å². The number of nitriles is 1. The molecule has 0 aromatic rings. The standard InChI is InChI=1S/C13H19N3O3/c1-10(17)2-3-13(19)16-8-5-11(6-9-16)15-12(18)4-7-14/h11H,2-6,8-9H2,1H3,(H,15,18). The number of nitrogens with one attached hydrogen (secondary N) is 1. The molecule has 0 bridgehead atoms. The Hall–Kier alpha value is -1.90. The van der Waals surface area contributed by atoms with Gasteiger partial charge in [-0.2, -0.15) is 5.26 Å². The van der Waals surface area contributed by atoms with Gasteiger partial charge in [0.25, 0.3) is 0 Å². The first kappa shape index (κ1) is 15.2. The summed E-state index contributed by atoms with van der Waals surface area (Å²) >= 11 is 0. The fraction of sp³-hybridized carbons (Fsp3) is 0.692. The molecule has 1 rings (SSSR count). The van der Waals surface area contributed by atoms with Crippen molar-refractivity contribution in [2.24, 2.45) is 0 Å². The number of amides is 2. The van der Waals surface area contributed by atoms with Crippen LogP contribution < -0.4 is 5.32 Å². The van der Waals surface area contributed by atoms with E-state index in [0.717, 1.165) is 0 Å². The second-order valence-electron chi connectivity index (χ2n) is 4.76. The molecule has 1 aliphatic heterocycles. The average molecular weight is 265 g/mol. The van der Waals surface area contributed by atoms with Crippen LogP contribution in [0.3, 0.4) is 0 Å². The van der Waals surface area contributed by atoms with E-state index in [1.807, 2.05) is 0 Å². The molecule has 6 nitrogen and oxygen atoms in total. The van der Waals surface area contributed by atoms with E-state index in [2.05, 4.69) is 5.32 Å². The first-order valence-corrected chi connectivity index (χ1v) is 6.46. The molecule has 19 heavy (non-hydrogen) atoms. The Morgan fingerprint density at radius 1 is 1.26 bits per heavy atom. The van der Waals surface area contributed by atoms with Gasteiger partial charge in [0.1, 0.15) is 12.2 Å². The lowest BCUT2D eigenvalue weighted by Crippen LogP contribution is -2.46. The van der Waals surface area contributed by atoms with Crippen molar-refractivity contribution < 1.29 is 14.4 Å². The number of carbonyl (C=O) groups is 3. The molecule has 0 aromatic carbocycles. The molecule has 0 aromatic heterocycles. The largest absolute Gasteiger partial charge is 0.352 e. The van der Waals surface area contributed by atoms with Crippen LogP contribution in [0.4, 0.5) is 0 Å². The number of likely N-dealkylation sites (tertiary alicyclic amines) is 1. The van der Waals surface area contributed by atoms with Crippen molar-refractivity contribution in [3.63, 3.8) is 0 Å². The van der Waals surface area contributed by atoms with Crippen LogP contribution in [-0.4, -0.2) is 41.6 Å². The maximum absolute atomic E-state index is 11.8. The van der Waals surface area contributed by atoms with Gasteiger partial charge in [0.05, 0.1) is 6.07 Å². The second-order valence-corrected chi connectivity index (χ2v) is 4.76. The molecule has 1 fully saturated rings. The Morgan fingerprint density at radius 2 is 1.89 bits per heavy atom. The van der Waals surface area contributed by atoms with E-state index in [1.54, 1.807) is 11.0 Å². The van der Waals surface area contributed by atoms with Crippen LogP contribution in [0.2, 0.25) is 0 Å². The quantitative estimate of drug-likeness (QED) is 0.778. The van der Waals surface area contributed by atoms with Crippen molar-refractivity contribution in [2.75, 3.05) is 13.1 Å². The number of hydrogen-bond donors (Lipinski definition) is 1. The zero-order chi connectivity index (χ0) is 14.3. The third-order valence-electron chi connectivity index (χ3n) is 3.14. The zero-order valence-corrected chi connectivity index (χ0v) is 11.1. The van der Waals surface area contributed by atoms with Crippen LogP contribution >= 0.6 is 0 Å². The third kappa shape index (κ3) is 5.51. The minimum atomic E-state index is -0.260. The van der Waals surface area contributed by atoms with E-state index in [0.29, 0.717) is 25.9 Å². The van der Waals surface area contributed by atoms with Gasteiger partial charge in [0, 0.05) is 32.0 Å². The highest BCUT2D eigenvalue weighted by atomic mass is 16.2. The third-order valence-corrected chi connectivity index (χ3v) is 3.14. The van der Waals surface area contributed by atoms with Gasteiger partial charge < -0.3 is 15.0 Å². The first-order valence-electron chi connectivity index (χ1n) is 6.46. The Balaban J connectivity index is 2.28. The fourth-order valence-electron chi connectivity index (χ4n) is 2.06. The van der Waals surface area contributed by atoms with Gasteiger partial charge in [-0.3, -0.25) is 9.59 Å². The van der Waals surface area contributed by atoms with Crippen molar-refractivity contribution in [2.45, 2.75) is 45.1 Å². The van der Waals surface area contributed by atoms with Crippen LogP contribution in [0.1, 0.15) is 39.0 Å². The molecular weight excluding hydrogens is 246 g/mol. The van der Waals surface area contributed by atoms with Crippen LogP contribution in [-0.2, 0) is 14.4 Å². The SMILES string of the molecule is CC(=O)CCC(=O)N1CCC(NC(=O)CC#N)CC1. The van der Waals surface area contributed by atoms with Gasteiger partial charge in [-0.15, -0.1) is 0 Å². The highest BCUT2D eigenvalue weighted by Crippen LogP contribution is 2.12. The van der Waals surface area contributed by atoms with Crippen molar-refractivity contribution >= 4 is 17.6 Å². The molecule has 1 saturated heterocycles. The van der Waals surface area contributed by atoms with Crippen molar-refractivity contribution in [3.8, 4) is 6.07 Å². The highest BCUT2D eigenvalue weighted by Gasteiger charge is 2.23. The van der Waals surface area contributed by atoms with E-state index in [9.17, 15) is 14.4 Å². The van der Waals surface area contributed by atoms with Gasteiger partial charge in [-0.25, -0.2) is 0 Å². The van der Waals surface area contributed by atoms with Gasteiger partial charge >= 0.3 is 0 Å². The van der Waals surface area contributed by atoms with Crippen molar-refractivity contribution in [1.82, 2.24) is 10.2 Å². The molecule has 2 amide bonds. The van der Waals surface area contributed by atoms with Gasteiger partial charge in [0.15, 0.2) is 0 Å². The predicted molar refractivity (Wildman–Crippen MR) is 67.9 cm³/mol. The number of ketones is 1. The molecule has 0 aliphatic carbocycles. The molecule has 0 atom stereocenters. The summed E-state index contributed by atoms with van der Waals surface area (Å²) < 4.78 is 0. The van der Waals surface area contributed by atoms with E-state index in [1.165, 1.54) is 6.92 Å². The Morgan fingerprint density at radius 3 is 2.42 bits per heavy atom. The number of hydrogen-bond acceptors (Lipinski definition) is 4. The van der Waals surface area contributed by atoms with Crippen molar-refractivity contribution in [1.29, 1.82) is 5.26 Å². The molecule has 0 radical (unpaired) electrons. The Kier molecular flexibility index (Phi) is 6.00. The summed E-state index contributed by atoms with van der Waals surface area (Å²) in [7, 11) is 0. The molecule has 0 saturated carbocycles. The molecule has 0 unspecified atom stereocenters. The van der Waals surface area contributed by atoms with Crippen LogP contribution in [0, 0.1) is 11.3 Å². The summed E-state index contributed by atoms with van der Waals surface area (Å²) in [5.41, 5.74) is 0. The molecule has 6 heteroatoms. The van der Waals surface area contributed by atoms with E-state index < -0.39 is 0 Å². The van der Waals surface area contributed by atoms with Crippen LogP contribution in [0.5, 0.6) is 0 Å². The fourth-order valence-corrected chi connectivity index (χ4v) is 2.06. The summed E-state index contributed by atoms with van der Waals surface area (Å²) in [5, 5.41) is 11.2. The number of rotatable bonds is 5. The average Bonchev–Trinajstić information content (AvgIpc) is 2.37. The minimum Gasteiger partial charge on any atom is -0.352 e. The Bertz CT molecular complexity index is 392. The maximum Gasteiger partial charge on any atom is 0.234 e. The highest BCUT2D eigenvalue weighted by molar-refractivity contribution is 5.83.